The smallest absolute Gasteiger partial charge is 0.150 e. The van der Waals surface area contributed by atoms with Gasteiger partial charge in [0, 0.05) is 15.5 Å². The number of aldehydes is 1. The van der Waals surface area contributed by atoms with Gasteiger partial charge in [0.05, 0.1) is 0 Å². The van der Waals surface area contributed by atoms with E-state index in [9.17, 15) is 4.79 Å². The van der Waals surface area contributed by atoms with Crippen LogP contribution < -0.4 is 4.74 Å². The van der Waals surface area contributed by atoms with Crippen LogP contribution in [0.1, 0.15) is 77.6 Å². The van der Waals surface area contributed by atoms with E-state index in [0.29, 0.717) is 5.56 Å². The van der Waals surface area contributed by atoms with Gasteiger partial charge in [0.1, 0.15) is 17.8 Å². The van der Waals surface area contributed by atoms with Crippen LogP contribution in [-0.2, 0) is 11.8 Å². The van der Waals surface area contributed by atoms with Crippen molar-refractivity contribution in [1.82, 2.24) is 0 Å². The van der Waals surface area contributed by atoms with E-state index in [0.717, 1.165) is 35.1 Å². The van der Waals surface area contributed by atoms with Gasteiger partial charge >= 0.3 is 0 Å². The Morgan fingerprint density at radius 3 is 1.98 bits per heavy atom. The van der Waals surface area contributed by atoms with E-state index in [1.54, 1.807) is 12.1 Å². The van der Waals surface area contributed by atoms with Crippen molar-refractivity contribution in [2.75, 3.05) is 0 Å². The van der Waals surface area contributed by atoms with Gasteiger partial charge < -0.3 is 4.74 Å². The van der Waals surface area contributed by atoms with Gasteiger partial charge in [-0.3, -0.25) is 4.79 Å². The first-order chi connectivity index (χ1) is 21.2. The van der Waals surface area contributed by atoms with Crippen LogP contribution in [0.25, 0.3) is 11.1 Å². The summed E-state index contributed by atoms with van der Waals surface area (Å²) >= 11 is 3.77. The molecule has 0 spiro atoms. The fourth-order valence-corrected chi connectivity index (χ4v) is 7.05. The Morgan fingerprint density at radius 2 is 1.23 bits per heavy atom. The zero-order chi connectivity index (χ0) is 29.5. The fraction of sp³-hybridized carbons (Fsp3) is 0.225. The lowest BCUT2D eigenvalue weighted by Crippen LogP contribution is -2.27. The molecule has 0 saturated heterocycles. The minimum absolute atomic E-state index is 0.105. The summed E-state index contributed by atoms with van der Waals surface area (Å²) in [6.45, 7) is 0. The van der Waals surface area contributed by atoms with E-state index in [2.05, 4.69) is 101 Å². The van der Waals surface area contributed by atoms with E-state index in [1.165, 1.54) is 71.9 Å². The summed E-state index contributed by atoms with van der Waals surface area (Å²) in [6, 6.07) is 42.5. The molecule has 5 aromatic carbocycles. The van der Waals surface area contributed by atoms with Crippen LogP contribution >= 0.6 is 15.9 Å². The number of carbonyl (C=O) groups is 1. The summed E-state index contributed by atoms with van der Waals surface area (Å²) in [5.41, 5.74) is 8.91. The summed E-state index contributed by atoms with van der Waals surface area (Å²) in [4.78, 5) is 10.8. The third kappa shape index (κ3) is 6.38. The Hall–Kier alpha value is -3.95. The normalized spacial score (nSPS) is 15.1. The molecule has 1 aliphatic carbocycles. The summed E-state index contributed by atoms with van der Waals surface area (Å²) < 4.78 is 7.06. The number of benzene rings is 5. The third-order valence-electron chi connectivity index (χ3n) is 8.83. The molecule has 0 amide bonds. The molecule has 6 rings (SSSR count). The number of halogens is 1. The number of carbonyl (C=O) groups excluding carboxylic acids is 1. The van der Waals surface area contributed by atoms with Crippen molar-refractivity contribution < 1.29 is 9.53 Å². The number of ether oxygens (including phenoxy) is 1. The van der Waals surface area contributed by atoms with E-state index in [4.69, 9.17) is 4.74 Å². The van der Waals surface area contributed by atoms with Crippen molar-refractivity contribution in [1.29, 1.82) is 0 Å². The number of fused-ring (bicyclic) bond motifs is 3. The second-order valence-electron chi connectivity index (χ2n) is 11.6. The number of hydrogen-bond acceptors (Lipinski definition) is 2. The number of aryl methyl sites for hydroxylation is 1. The average molecular weight is 630 g/mol. The third-order valence-corrected chi connectivity index (χ3v) is 9.32. The second kappa shape index (κ2) is 13.6. The first kappa shape index (κ1) is 29.1. The molecule has 0 aromatic heterocycles. The van der Waals surface area contributed by atoms with Crippen molar-refractivity contribution in [3.8, 4) is 22.6 Å². The topological polar surface area (TPSA) is 26.3 Å². The van der Waals surface area contributed by atoms with Gasteiger partial charge in [0.25, 0.3) is 0 Å². The summed E-state index contributed by atoms with van der Waals surface area (Å²) in [5.74, 6) is 1.55. The Balaban J connectivity index is 1.01. The number of rotatable bonds is 13. The van der Waals surface area contributed by atoms with Gasteiger partial charge in [-0.05, 0) is 101 Å². The highest BCUT2D eigenvalue weighted by molar-refractivity contribution is 9.10. The molecular weight excluding hydrogens is 592 g/mol. The molecule has 1 aliphatic rings. The monoisotopic (exact) mass is 628 g/mol. The number of hydrogen-bond donors (Lipinski definition) is 0. The molecule has 0 radical (unpaired) electrons. The summed E-state index contributed by atoms with van der Waals surface area (Å²) in [7, 11) is 0. The maximum Gasteiger partial charge on any atom is 0.150 e. The quantitative estimate of drug-likeness (QED) is 0.0957. The predicted octanol–water partition coefficient (Wildman–Crippen LogP) is 11.3. The fourth-order valence-electron chi connectivity index (χ4n) is 6.69. The van der Waals surface area contributed by atoms with Crippen molar-refractivity contribution in [2.45, 2.75) is 56.8 Å². The highest BCUT2D eigenvalue weighted by atomic mass is 79.9. The molecule has 3 heteroatoms. The van der Waals surface area contributed by atoms with E-state index in [-0.39, 0.29) is 5.41 Å². The molecule has 0 bridgehead atoms. The lowest BCUT2D eigenvalue weighted by molar-refractivity contribution is 0.112. The minimum Gasteiger partial charge on any atom is -0.457 e. The van der Waals surface area contributed by atoms with Gasteiger partial charge in [-0.2, -0.15) is 0 Å². The molecule has 0 saturated carbocycles. The molecule has 1 atom stereocenters. The zero-order valence-electron chi connectivity index (χ0n) is 24.5. The van der Waals surface area contributed by atoms with Gasteiger partial charge in [-0.25, -0.2) is 0 Å². The molecule has 0 heterocycles. The van der Waals surface area contributed by atoms with Crippen molar-refractivity contribution in [2.24, 2.45) is 0 Å². The zero-order valence-corrected chi connectivity index (χ0v) is 26.1. The Kier molecular flexibility index (Phi) is 9.19. The Morgan fingerprint density at radius 1 is 0.605 bits per heavy atom. The van der Waals surface area contributed by atoms with Crippen LogP contribution in [0.2, 0.25) is 0 Å². The van der Waals surface area contributed by atoms with Crippen LogP contribution in [0.4, 0.5) is 0 Å². The molecule has 5 aromatic rings. The minimum atomic E-state index is -0.105. The SMILES string of the molecule is O=Cc1ccc(Oc2ccc(CCCCCCCCC3(c4ccccc4)c4ccccc4-c4ccc(Br)cc43)cc2)cc1. The van der Waals surface area contributed by atoms with E-state index >= 15 is 0 Å². The van der Waals surface area contributed by atoms with Crippen LogP contribution in [0, 0.1) is 0 Å². The summed E-state index contributed by atoms with van der Waals surface area (Å²) in [5, 5.41) is 0. The highest BCUT2D eigenvalue weighted by Gasteiger charge is 2.43. The van der Waals surface area contributed by atoms with Gasteiger partial charge in [0.15, 0.2) is 0 Å². The predicted molar refractivity (Wildman–Crippen MR) is 180 cm³/mol. The van der Waals surface area contributed by atoms with Crippen molar-refractivity contribution >= 4 is 22.2 Å². The standard InChI is InChI=1S/C40H37BrO2/c41-33-21-26-37-36-15-9-10-16-38(36)40(39(37)28-33,32-13-7-5-8-14-32)27-11-4-2-1-3-6-12-30-17-22-34(23-18-30)43-35-24-19-31(29-42)20-25-35/h5,7-10,13-26,28-29H,1-4,6,11-12,27H2. The lowest BCUT2D eigenvalue weighted by Gasteiger charge is -2.33. The maximum absolute atomic E-state index is 10.8. The summed E-state index contributed by atoms with van der Waals surface area (Å²) in [6.07, 6.45) is 10.5. The molecular formula is C40H37BrO2. The van der Waals surface area contributed by atoms with Crippen LogP contribution in [0.5, 0.6) is 11.5 Å². The highest BCUT2D eigenvalue weighted by Crippen LogP contribution is 2.55. The average Bonchev–Trinajstić information content (AvgIpc) is 3.33. The maximum atomic E-state index is 10.8. The molecule has 2 nitrogen and oxygen atoms in total. The largest absolute Gasteiger partial charge is 0.457 e. The molecule has 0 aliphatic heterocycles. The van der Waals surface area contributed by atoms with Crippen LogP contribution in [-0.4, -0.2) is 6.29 Å². The van der Waals surface area contributed by atoms with E-state index in [1.807, 2.05) is 24.3 Å². The van der Waals surface area contributed by atoms with Crippen molar-refractivity contribution in [3.63, 3.8) is 0 Å². The molecule has 0 fully saturated rings. The second-order valence-corrected chi connectivity index (χ2v) is 12.5. The lowest BCUT2D eigenvalue weighted by atomic mass is 9.69. The first-order valence-electron chi connectivity index (χ1n) is 15.4. The molecule has 43 heavy (non-hydrogen) atoms. The molecule has 1 unspecified atom stereocenters. The number of unbranched alkanes of at least 4 members (excludes halogenated alkanes) is 5. The first-order valence-corrected chi connectivity index (χ1v) is 16.2. The Labute approximate surface area is 263 Å². The van der Waals surface area contributed by atoms with Gasteiger partial charge in [-0.1, -0.05) is 121 Å². The Bertz CT molecular complexity index is 1660. The van der Waals surface area contributed by atoms with Gasteiger partial charge in [0.2, 0.25) is 0 Å². The van der Waals surface area contributed by atoms with Crippen molar-refractivity contribution in [3.05, 3.63) is 154 Å². The van der Waals surface area contributed by atoms with Crippen LogP contribution in [0.15, 0.2) is 126 Å². The molecule has 216 valence electrons. The van der Waals surface area contributed by atoms with Crippen LogP contribution in [0.3, 0.4) is 0 Å². The molecule has 0 N–H and O–H groups in total. The van der Waals surface area contributed by atoms with Gasteiger partial charge in [-0.15, -0.1) is 0 Å². The van der Waals surface area contributed by atoms with E-state index < -0.39 is 0 Å².